The minimum Gasteiger partial charge on any atom is -0.404 e. The van der Waals surface area contributed by atoms with Gasteiger partial charge in [-0.2, -0.15) is 0 Å². The van der Waals surface area contributed by atoms with Crippen LogP contribution in [0.3, 0.4) is 0 Å². The van der Waals surface area contributed by atoms with E-state index in [1.165, 1.54) is 12.4 Å². The summed E-state index contributed by atoms with van der Waals surface area (Å²) in [6.07, 6.45) is 11.6. The van der Waals surface area contributed by atoms with Gasteiger partial charge in [-0.05, 0) is 13.0 Å². The number of piperazine rings is 1. The van der Waals surface area contributed by atoms with Crippen molar-refractivity contribution in [3.63, 3.8) is 0 Å². The van der Waals surface area contributed by atoms with Crippen LogP contribution in [0.4, 0.5) is 5.82 Å². The highest BCUT2D eigenvalue weighted by atomic mass is 15.3. The highest BCUT2D eigenvalue weighted by Gasteiger charge is 2.30. The molecule has 0 radical (unpaired) electrons. The molecular formula is C18H21N9. The van der Waals surface area contributed by atoms with E-state index in [9.17, 15) is 0 Å². The minimum absolute atomic E-state index is 0.0264. The van der Waals surface area contributed by atoms with E-state index in [-0.39, 0.29) is 12.1 Å². The van der Waals surface area contributed by atoms with Gasteiger partial charge in [0, 0.05) is 55.7 Å². The fourth-order valence-corrected chi connectivity index (χ4v) is 3.50. The topological polar surface area (TPSA) is 121 Å². The predicted octanol–water partition coefficient (Wildman–Crippen LogP) is 0.845. The number of nitrogens with one attached hydrogen (secondary N) is 2. The Balaban J connectivity index is 1.69. The van der Waals surface area contributed by atoms with Gasteiger partial charge in [-0.1, -0.05) is 0 Å². The molecule has 4 rings (SSSR count). The second-order valence-corrected chi connectivity index (χ2v) is 6.36. The molecule has 1 saturated heterocycles. The number of hydrogen-bond donors (Lipinski definition) is 3. The first-order valence-corrected chi connectivity index (χ1v) is 8.75. The van der Waals surface area contributed by atoms with Crippen molar-refractivity contribution in [2.45, 2.75) is 19.0 Å². The molecule has 0 saturated carbocycles. The Morgan fingerprint density at radius 1 is 1.33 bits per heavy atom. The number of nitrogens with zero attached hydrogens (tertiary/aromatic N) is 6. The van der Waals surface area contributed by atoms with E-state index in [2.05, 4.69) is 32.1 Å². The Bertz CT molecular complexity index is 993. The Labute approximate surface area is 156 Å². The summed E-state index contributed by atoms with van der Waals surface area (Å²) in [6.45, 7) is 3.69. The van der Waals surface area contributed by atoms with Crippen molar-refractivity contribution in [3.05, 3.63) is 48.8 Å². The zero-order valence-electron chi connectivity index (χ0n) is 14.9. The molecule has 0 amide bonds. The van der Waals surface area contributed by atoms with Gasteiger partial charge in [0.2, 0.25) is 0 Å². The quantitative estimate of drug-likeness (QED) is 0.587. The van der Waals surface area contributed by atoms with Crippen LogP contribution in [0.25, 0.3) is 17.2 Å². The number of aromatic nitrogens is 5. The second-order valence-electron chi connectivity index (χ2n) is 6.36. The number of rotatable bonds is 4. The van der Waals surface area contributed by atoms with E-state index in [1.54, 1.807) is 24.8 Å². The molecule has 0 bridgehead atoms. The van der Waals surface area contributed by atoms with Gasteiger partial charge in [-0.25, -0.2) is 15.0 Å². The molecule has 4 N–H and O–H groups in total. The first kappa shape index (κ1) is 17.1. The highest BCUT2D eigenvalue weighted by molar-refractivity contribution is 5.78. The van der Waals surface area contributed by atoms with Crippen LogP contribution in [-0.4, -0.2) is 55.7 Å². The van der Waals surface area contributed by atoms with Gasteiger partial charge in [0.15, 0.2) is 11.5 Å². The van der Waals surface area contributed by atoms with Crippen molar-refractivity contribution in [2.75, 3.05) is 18.0 Å². The monoisotopic (exact) mass is 363 g/mol. The fraction of sp³-hybridized carbons (Fsp3) is 0.278. The third-order valence-corrected chi connectivity index (χ3v) is 4.89. The van der Waals surface area contributed by atoms with Crippen LogP contribution in [0.15, 0.2) is 48.8 Å². The third-order valence-electron chi connectivity index (χ3n) is 4.89. The zero-order valence-corrected chi connectivity index (χ0v) is 14.9. The number of hydrogen-bond acceptors (Lipinski definition) is 8. The van der Waals surface area contributed by atoms with Crippen LogP contribution in [0, 0.1) is 5.41 Å². The summed E-state index contributed by atoms with van der Waals surface area (Å²) < 4.78 is 1.92. The third kappa shape index (κ3) is 3.02. The molecule has 4 heterocycles. The molecule has 3 aromatic heterocycles. The first-order valence-electron chi connectivity index (χ1n) is 8.75. The summed E-state index contributed by atoms with van der Waals surface area (Å²) >= 11 is 0. The lowest BCUT2D eigenvalue weighted by molar-refractivity contribution is 0.424. The number of anilines is 1. The van der Waals surface area contributed by atoms with E-state index in [1.807, 2.05) is 16.7 Å². The maximum absolute atomic E-state index is 7.59. The molecule has 1 fully saturated rings. The van der Waals surface area contributed by atoms with Crippen molar-refractivity contribution in [2.24, 2.45) is 5.73 Å². The number of imidazole rings is 1. The van der Waals surface area contributed by atoms with Gasteiger partial charge in [-0.3, -0.25) is 9.38 Å². The van der Waals surface area contributed by atoms with Crippen LogP contribution in [0.2, 0.25) is 0 Å². The van der Waals surface area contributed by atoms with Gasteiger partial charge < -0.3 is 21.4 Å². The van der Waals surface area contributed by atoms with E-state index < -0.39 is 0 Å². The lowest BCUT2D eigenvalue weighted by Crippen LogP contribution is -2.58. The minimum atomic E-state index is -0.0264. The molecule has 9 heteroatoms. The summed E-state index contributed by atoms with van der Waals surface area (Å²) in [5.74, 6) is 1.44. The molecule has 3 aromatic rings. The summed E-state index contributed by atoms with van der Waals surface area (Å²) in [6, 6.07) is 1.97. The smallest absolute Gasteiger partial charge is 0.180 e. The predicted molar refractivity (Wildman–Crippen MR) is 104 cm³/mol. The second kappa shape index (κ2) is 7.12. The van der Waals surface area contributed by atoms with E-state index >= 15 is 0 Å². The average molecular weight is 363 g/mol. The molecule has 9 nitrogen and oxygen atoms in total. The molecular weight excluding hydrogens is 342 g/mol. The summed E-state index contributed by atoms with van der Waals surface area (Å²) in [5, 5.41) is 11.0. The average Bonchev–Trinajstić information content (AvgIpc) is 3.14. The van der Waals surface area contributed by atoms with Crippen molar-refractivity contribution in [1.82, 2.24) is 29.7 Å². The van der Waals surface area contributed by atoms with E-state index in [0.29, 0.717) is 5.82 Å². The van der Waals surface area contributed by atoms with Crippen molar-refractivity contribution in [1.29, 1.82) is 5.41 Å². The van der Waals surface area contributed by atoms with Gasteiger partial charge in [0.05, 0.1) is 18.4 Å². The Morgan fingerprint density at radius 2 is 2.22 bits per heavy atom. The van der Waals surface area contributed by atoms with Gasteiger partial charge in [-0.15, -0.1) is 0 Å². The van der Waals surface area contributed by atoms with Crippen molar-refractivity contribution >= 4 is 17.7 Å². The Morgan fingerprint density at radius 3 is 3.04 bits per heavy atom. The first-order chi connectivity index (χ1) is 13.2. The number of nitrogens with two attached hydrogens (primary N) is 1. The fourth-order valence-electron chi connectivity index (χ4n) is 3.50. The van der Waals surface area contributed by atoms with Crippen LogP contribution in [0.5, 0.6) is 0 Å². The molecule has 2 atom stereocenters. The molecule has 0 aliphatic carbocycles. The summed E-state index contributed by atoms with van der Waals surface area (Å²) in [5.41, 5.74) is 8.02. The highest BCUT2D eigenvalue weighted by Crippen LogP contribution is 2.24. The van der Waals surface area contributed by atoms with Gasteiger partial charge in [0.25, 0.3) is 0 Å². The Hall–Kier alpha value is -3.33. The van der Waals surface area contributed by atoms with Crippen LogP contribution < -0.4 is 16.0 Å². The molecule has 2 unspecified atom stereocenters. The van der Waals surface area contributed by atoms with Crippen LogP contribution in [-0.2, 0) is 0 Å². The van der Waals surface area contributed by atoms with Crippen molar-refractivity contribution < 1.29 is 0 Å². The SMILES string of the molecule is CC1C(/C(C=N)=C/N)NCCN1c1ccnc(-c2cnc3cnccn23)n1. The molecule has 0 spiro atoms. The van der Waals surface area contributed by atoms with Gasteiger partial charge >= 0.3 is 0 Å². The standard InChI is InChI=1S/C18H21N9/c1-12-17(13(8-19)9-20)22-5-7-26(12)15-2-3-23-18(25-15)14-10-24-16-11-21-4-6-27(14)16/h2-4,6,8-12,17,19,22H,5,7,20H2,1H3/b13-9+,19-8?. The molecule has 1 aliphatic heterocycles. The summed E-state index contributed by atoms with van der Waals surface area (Å²) in [4.78, 5) is 19.9. The molecule has 0 aromatic carbocycles. The maximum Gasteiger partial charge on any atom is 0.180 e. The molecule has 27 heavy (non-hydrogen) atoms. The largest absolute Gasteiger partial charge is 0.404 e. The van der Waals surface area contributed by atoms with Crippen LogP contribution >= 0.6 is 0 Å². The molecule has 138 valence electrons. The number of fused-ring (bicyclic) bond motifs is 1. The van der Waals surface area contributed by atoms with Gasteiger partial charge in [0.1, 0.15) is 11.5 Å². The lowest BCUT2D eigenvalue weighted by Gasteiger charge is -2.41. The lowest BCUT2D eigenvalue weighted by atomic mass is 9.98. The summed E-state index contributed by atoms with van der Waals surface area (Å²) in [7, 11) is 0. The zero-order chi connectivity index (χ0) is 18.8. The van der Waals surface area contributed by atoms with Crippen LogP contribution in [0.1, 0.15) is 6.92 Å². The molecule has 1 aliphatic rings. The Kier molecular flexibility index (Phi) is 4.51. The maximum atomic E-state index is 7.59. The van der Waals surface area contributed by atoms with E-state index in [4.69, 9.17) is 16.1 Å². The van der Waals surface area contributed by atoms with E-state index in [0.717, 1.165) is 35.8 Å². The normalized spacial score (nSPS) is 20.8. The van der Waals surface area contributed by atoms with Crippen molar-refractivity contribution in [3.8, 4) is 11.5 Å².